The monoisotopic (exact) mass is 237 g/mol. The van der Waals surface area contributed by atoms with Gasteiger partial charge in [0.1, 0.15) is 4.83 Å². The lowest BCUT2D eigenvalue weighted by atomic mass is 9.89. The minimum atomic E-state index is 0.810. The Balaban J connectivity index is 2.29. The number of aryl methyl sites for hydroxylation is 1. The molecular weight excluding hydrogens is 226 g/mol. The van der Waals surface area contributed by atoms with Crippen LogP contribution in [-0.2, 0) is 12.8 Å². The molecule has 0 spiro atoms. The largest absolute Gasteiger partial charge is 0.245 e. The maximum atomic E-state index is 6.24. The van der Waals surface area contributed by atoms with E-state index in [2.05, 4.69) is 11.9 Å². The fourth-order valence-electron chi connectivity index (χ4n) is 2.33. The molecular formula is C12H12ClNS. The van der Waals surface area contributed by atoms with E-state index in [-0.39, 0.29) is 0 Å². The number of fused-ring (bicyclic) bond motifs is 3. The maximum Gasteiger partial charge on any atom is 0.125 e. The Morgan fingerprint density at radius 3 is 3.27 bits per heavy atom. The molecule has 0 fully saturated rings. The molecule has 3 rings (SSSR count). The van der Waals surface area contributed by atoms with E-state index in [1.165, 1.54) is 35.1 Å². The summed E-state index contributed by atoms with van der Waals surface area (Å²) in [6.45, 7) is 2.32. The van der Waals surface area contributed by atoms with Crippen LogP contribution in [0.5, 0.6) is 0 Å². The fraction of sp³-hybridized carbons (Fsp3) is 0.417. The first-order valence-corrected chi connectivity index (χ1v) is 6.50. The number of aromatic nitrogens is 1. The van der Waals surface area contributed by atoms with Crippen molar-refractivity contribution in [3.63, 3.8) is 0 Å². The lowest BCUT2D eigenvalue weighted by Crippen LogP contribution is -2.08. The van der Waals surface area contributed by atoms with Crippen LogP contribution in [0.3, 0.4) is 0 Å². The van der Waals surface area contributed by atoms with E-state index < -0.39 is 0 Å². The van der Waals surface area contributed by atoms with Crippen molar-refractivity contribution >= 4 is 33.2 Å². The van der Waals surface area contributed by atoms with E-state index in [9.17, 15) is 0 Å². The number of thiophene rings is 1. The molecule has 0 saturated heterocycles. The van der Waals surface area contributed by atoms with Gasteiger partial charge in [0.05, 0.1) is 5.02 Å². The number of hydrogen-bond acceptors (Lipinski definition) is 2. The van der Waals surface area contributed by atoms with Crippen LogP contribution < -0.4 is 0 Å². The molecule has 2 aromatic heterocycles. The number of hydrogen-bond donors (Lipinski definition) is 0. The van der Waals surface area contributed by atoms with Gasteiger partial charge in [0, 0.05) is 16.5 Å². The zero-order chi connectivity index (χ0) is 10.4. The highest BCUT2D eigenvalue weighted by Crippen LogP contribution is 2.39. The maximum absolute atomic E-state index is 6.24. The summed E-state index contributed by atoms with van der Waals surface area (Å²) >= 11 is 8.06. The van der Waals surface area contributed by atoms with Gasteiger partial charge < -0.3 is 0 Å². The molecule has 1 unspecified atom stereocenters. The molecule has 0 amide bonds. The van der Waals surface area contributed by atoms with Crippen molar-refractivity contribution in [3.05, 3.63) is 27.7 Å². The fourth-order valence-corrected chi connectivity index (χ4v) is 4.02. The van der Waals surface area contributed by atoms with Crippen LogP contribution in [0.4, 0.5) is 0 Å². The van der Waals surface area contributed by atoms with Crippen molar-refractivity contribution < 1.29 is 0 Å². The second kappa shape index (κ2) is 3.46. The van der Waals surface area contributed by atoms with Crippen molar-refractivity contribution in [1.82, 2.24) is 4.98 Å². The molecule has 2 aromatic rings. The van der Waals surface area contributed by atoms with Crippen LogP contribution in [0.1, 0.15) is 23.8 Å². The van der Waals surface area contributed by atoms with Gasteiger partial charge in [0.25, 0.3) is 0 Å². The van der Waals surface area contributed by atoms with Crippen LogP contribution in [0.15, 0.2) is 12.3 Å². The minimum Gasteiger partial charge on any atom is -0.245 e. The molecule has 0 aliphatic heterocycles. The van der Waals surface area contributed by atoms with Gasteiger partial charge in [-0.2, -0.15) is 0 Å². The van der Waals surface area contributed by atoms with E-state index in [1.807, 2.05) is 17.4 Å². The quantitative estimate of drug-likeness (QED) is 0.673. The number of rotatable bonds is 0. The Labute approximate surface area is 98.1 Å². The molecule has 2 heterocycles. The molecule has 15 heavy (non-hydrogen) atoms. The zero-order valence-corrected chi connectivity index (χ0v) is 10.2. The van der Waals surface area contributed by atoms with Crippen molar-refractivity contribution in [2.24, 2.45) is 5.92 Å². The number of pyridine rings is 1. The standard InChI is InChI=1S/C12H12ClNS/c1-7-2-3-8-10(6-7)15-12-11(8)9(13)4-5-14-12/h4-5,7H,2-3,6H2,1H3. The number of nitrogens with zero attached hydrogens (tertiary/aromatic N) is 1. The highest BCUT2D eigenvalue weighted by atomic mass is 35.5. The highest BCUT2D eigenvalue weighted by molar-refractivity contribution is 7.19. The summed E-state index contributed by atoms with van der Waals surface area (Å²) in [5, 5.41) is 2.08. The molecule has 0 radical (unpaired) electrons. The summed E-state index contributed by atoms with van der Waals surface area (Å²) in [7, 11) is 0. The first kappa shape index (κ1) is 9.61. The molecule has 0 aromatic carbocycles. The molecule has 0 bridgehead atoms. The van der Waals surface area contributed by atoms with E-state index in [0.29, 0.717) is 0 Å². The SMILES string of the molecule is CC1CCc2c(sc3nccc(Cl)c23)C1. The van der Waals surface area contributed by atoms with Gasteiger partial charge in [-0.3, -0.25) is 0 Å². The van der Waals surface area contributed by atoms with Gasteiger partial charge >= 0.3 is 0 Å². The summed E-state index contributed by atoms with van der Waals surface area (Å²) in [5.74, 6) is 0.810. The number of halogens is 1. The molecule has 0 N–H and O–H groups in total. The molecule has 1 nitrogen and oxygen atoms in total. The van der Waals surface area contributed by atoms with Crippen LogP contribution >= 0.6 is 22.9 Å². The van der Waals surface area contributed by atoms with E-state index in [0.717, 1.165) is 15.8 Å². The highest BCUT2D eigenvalue weighted by Gasteiger charge is 2.21. The van der Waals surface area contributed by atoms with Crippen molar-refractivity contribution in [1.29, 1.82) is 0 Å². The Morgan fingerprint density at radius 1 is 1.53 bits per heavy atom. The summed E-state index contributed by atoms with van der Waals surface area (Å²) in [4.78, 5) is 7.02. The Bertz CT molecular complexity index is 518. The smallest absolute Gasteiger partial charge is 0.125 e. The Hall–Kier alpha value is -0.600. The zero-order valence-electron chi connectivity index (χ0n) is 8.59. The van der Waals surface area contributed by atoms with Gasteiger partial charge in [-0.15, -0.1) is 11.3 Å². The third-order valence-corrected chi connectivity index (χ3v) is 4.62. The molecule has 1 atom stereocenters. The normalized spacial score (nSPS) is 20.5. The van der Waals surface area contributed by atoms with E-state index in [1.54, 1.807) is 6.20 Å². The van der Waals surface area contributed by atoms with Crippen LogP contribution in [0, 0.1) is 5.92 Å². The third kappa shape index (κ3) is 1.47. The summed E-state index contributed by atoms with van der Waals surface area (Å²) < 4.78 is 0. The Morgan fingerprint density at radius 2 is 2.40 bits per heavy atom. The van der Waals surface area contributed by atoms with Crippen LogP contribution in [-0.4, -0.2) is 4.98 Å². The van der Waals surface area contributed by atoms with Gasteiger partial charge in [0.15, 0.2) is 0 Å². The minimum absolute atomic E-state index is 0.810. The summed E-state index contributed by atoms with van der Waals surface area (Å²) in [6.07, 6.45) is 5.45. The average Bonchev–Trinajstić information content (AvgIpc) is 2.56. The van der Waals surface area contributed by atoms with E-state index >= 15 is 0 Å². The second-order valence-corrected chi connectivity index (χ2v) is 5.82. The third-order valence-electron chi connectivity index (χ3n) is 3.14. The molecule has 3 heteroatoms. The predicted molar refractivity (Wildman–Crippen MR) is 65.8 cm³/mol. The first-order chi connectivity index (χ1) is 7.25. The lowest BCUT2D eigenvalue weighted by Gasteiger charge is -2.17. The van der Waals surface area contributed by atoms with Gasteiger partial charge in [-0.1, -0.05) is 18.5 Å². The average molecular weight is 238 g/mol. The topological polar surface area (TPSA) is 12.9 Å². The van der Waals surface area contributed by atoms with Crippen LogP contribution in [0.2, 0.25) is 5.02 Å². The van der Waals surface area contributed by atoms with Crippen molar-refractivity contribution in [3.8, 4) is 0 Å². The second-order valence-electron chi connectivity index (χ2n) is 4.32. The summed E-state index contributed by atoms with van der Waals surface area (Å²) in [5.41, 5.74) is 1.46. The van der Waals surface area contributed by atoms with Gasteiger partial charge in [0.2, 0.25) is 0 Å². The molecule has 0 saturated carbocycles. The first-order valence-electron chi connectivity index (χ1n) is 5.30. The molecule has 78 valence electrons. The van der Waals surface area contributed by atoms with Gasteiger partial charge in [-0.05, 0) is 36.8 Å². The Kier molecular flexibility index (Phi) is 2.22. The molecule has 1 aliphatic carbocycles. The predicted octanol–water partition coefficient (Wildman–Crippen LogP) is 4.07. The lowest BCUT2D eigenvalue weighted by molar-refractivity contribution is 0.509. The van der Waals surface area contributed by atoms with Crippen LogP contribution in [0.25, 0.3) is 10.2 Å². The van der Waals surface area contributed by atoms with E-state index in [4.69, 9.17) is 11.6 Å². The van der Waals surface area contributed by atoms with Crippen molar-refractivity contribution in [2.45, 2.75) is 26.2 Å². The molecule has 1 aliphatic rings. The van der Waals surface area contributed by atoms with Gasteiger partial charge in [-0.25, -0.2) is 4.98 Å². The van der Waals surface area contributed by atoms with Crippen molar-refractivity contribution in [2.75, 3.05) is 0 Å². The summed E-state index contributed by atoms with van der Waals surface area (Å²) in [6, 6.07) is 1.90.